The van der Waals surface area contributed by atoms with Crippen LogP contribution in [0.2, 0.25) is 0 Å². The van der Waals surface area contributed by atoms with Crippen molar-refractivity contribution in [2.24, 2.45) is 5.92 Å². The number of carbonyl (C=O) groups excluding carboxylic acids is 1. The van der Waals surface area contributed by atoms with Gasteiger partial charge in [-0.05, 0) is 37.8 Å². The van der Waals surface area contributed by atoms with Gasteiger partial charge in [0.25, 0.3) is 11.6 Å². The summed E-state index contributed by atoms with van der Waals surface area (Å²) in [5, 5.41) is 15.0. The third-order valence-corrected chi connectivity index (χ3v) is 5.86. The average Bonchev–Trinajstić information content (AvgIpc) is 3.18. The Morgan fingerprint density at radius 1 is 1.19 bits per heavy atom. The normalized spacial score (nSPS) is 27.9. The van der Waals surface area contributed by atoms with E-state index >= 15 is 0 Å². The zero-order valence-corrected chi connectivity index (χ0v) is 15.3. The molecule has 146 valence electrons. The maximum absolute atomic E-state index is 12.6. The minimum atomic E-state index is -0.413. The fraction of sp³-hybridized carbons (Fsp3) is 0.632. The number of morpholine rings is 1. The van der Waals surface area contributed by atoms with E-state index in [1.54, 1.807) is 17.0 Å². The summed E-state index contributed by atoms with van der Waals surface area (Å²) < 4.78 is 11.0. The number of ether oxygens (including phenoxy) is 2. The summed E-state index contributed by atoms with van der Waals surface area (Å²) in [7, 11) is 0. The summed E-state index contributed by atoms with van der Waals surface area (Å²) in [5.74, 6) is 0.211. The highest BCUT2D eigenvalue weighted by Crippen LogP contribution is 2.37. The third-order valence-electron chi connectivity index (χ3n) is 5.86. The van der Waals surface area contributed by atoms with Gasteiger partial charge in [0, 0.05) is 43.3 Å². The molecule has 0 radical (unpaired) electrons. The summed E-state index contributed by atoms with van der Waals surface area (Å²) in [4.78, 5) is 25.5. The number of amides is 1. The van der Waals surface area contributed by atoms with Crippen LogP contribution in [0.1, 0.15) is 36.0 Å². The molecule has 0 spiro atoms. The second-order valence-corrected chi connectivity index (χ2v) is 7.44. The van der Waals surface area contributed by atoms with Gasteiger partial charge < -0.3 is 19.7 Å². The van der Waals surface area contributed by atoms with E-state index in [-0.39, 0.29) is 23.7 Å². The van der Waals surface area contributed by atoms with Gasteiger partial charge in [-0.25, -0.2) is 0 Å². The Bertz CT molecular complexity index is 719. The Morgan fingerprint density at radius 3 is 2.78 bits per heavy atom. The summed E-state index contributed by atoms with van der Waals surface area (Å²) in [6.45, 7) is 2.79. The van der Waals surface area contributed by atoms with Crippen LogP contribution in [0.4, 0.5) is 11.4 Å². The summed E-state index contributed by atoms with van der Waals surface area (Å²) in [6, 6.07) is 4.92. The van der Waals surface area contributed by atoms with Crippen molar-refractivity contribution in [2.75, 3.05) is 38.2 Å². The molecule has 1 aliphatic carbocycles. The second-order valence-electron chi connectivity index (χ2n) is 7.44. The Balaban J connectivity index is 1.54. The van der Waals surface area contributed by atoms with Crippen LogP contribution < -0.4 is 5.32 Å². The van der Waals surface area contributed by atoms with Gasteiger partial charge in [0.15, 0.2) is 0 Å². The lowest BCUT2D eigenvalue weighted by molar-refractivity contribution is -0.384. The number of anilines is 1. The highest BCUT2D eigenvalue weighted by molar-refractivity contribution is 5.95. The monoisotopic (exact) mass is 375 g/mol. The van der Waals surface area contributed by atoms with Crippen LogP contribution in [0.15, 0.2) is 18.2 Å². The first kappa shape index (κ1) is 18.2. The van der Waals surface area contributed by atoms with Crippen LogP contribution in [0, 0.1) is 16.0 Å². The SMILES string of the molecule is O=C(c1ccc(NC2CCCC3OCCC23)c([N+](=O)[O-])c1)N1CCOCC1. The molecule has 8 heteroatoms. The summed E-state index contributed by atoms with van der Waals surface area (Å²) >= 11 is 0. The molecule has 8 nitrogen and oxygen atoms in total. The second kappa shape index (κ2) is 7.82. The molecule has 3 atom stereocenters. The van der Waals surface area contributed by atoms with Crippen molar-refractivity contribution in [1.82, 2.24) is 4.90 Å². The van der Waals surface area contributed by atoms with Crippen molar-refractivity contribution in [3.63, 3.8) is 0 Å². The van der Waals surface area contributed by atoms with Crippen molar-refractivity contribution < 1.29 is 19.2 Å². The molecule has 1 N–H and O–H groups in total. The molecular formula is C19H25N3O5. The van der Waals surface area contributed by atoms with Gasteiger partial charge in [-0.1, -0.05) is 0 Å². The Hall–Kier alpha value is -2.19. The molecule has 2 aliphatic heterocycles. The minimum Gasteiger partial charge on any atom is -0.378 e. The van der Waals surface area contributed by atoms with Gasteiger partial charge in [-0.15, -0.1) is 0 Å². The molecule has 1 saturated carbocycles. The van der Waals surface area contributed by atoms with Crippen LogP contribution in [-0.4, -0.2) is 60.8 Å². The lowest BCUT2D eigenvalue weighted by Crippen LogP contribution is -2.40. The zero-order chi connectivity index (χ0) is 18.8. The van der Waals surface area contributed by atoms with Crippen LogP contribution in [0.3, 0.4) is 0 Å². The van der Waals surface area contributed by atoms with E-state index in [0.717, 1.165) is 32.3 Å². The van der Waals surface area contributed by atoms with Crippen LogP contribution in [0.25, 0.3) is 0 Å². The first-order valence-electron chi connectivity index (χ1n) is 9.67. The van der Waals surface area contributed by atoms with Gasteiger partial charge >= 0.3 is 0 Å². The number of nitrogens with zero attached hydrogens (tertiary/aromatic N) is 2. The first-order chi connectivity index (χ1) is 13.1. The molecule has 4 rings (SSSR count). The molecule has 1 aromatic rings. The number of nitrogens with one attached hydrogen (secondary N) is 1. The Morgan fingerprint density at radius 2 is 2.00 bits per heavy atom. The molecule has 3 fully saturated rings. The summed E-state index contributed by atoms with van der Waals surface area (Å²) in [5.41, 5.74) is 0.783. The maximum Gasteiger partial charge on any atom is 0.293 e. The largest absolute Gasteiger partial charge is 0.378 e. The molecule has 2 heterocycles. The molecular weight excluding hydrogens is 350 g/mol. The fourth-order valence-electron chi connectivity index (χ4n) is 4.44. The molecule has 0 aromatic heterocycles. The Labute approximate surface area is 158 Å². The molecule has 1 amide bonds. The molecule has 27 heavy (non-hydrogen) atoms. The van der Waals surface area contributed by atoms with E-state index in [0.29, 0.717) is 43.5 Å². The lowest BCUT2D eigenvalue weighted by atomic mass is 9.81. The number of hydrogen-bond donors (Lipinski definition) is 1. The number of nitro groups is 1. The molecule has 1 aromatic carbocycles. The molecule has 0 bridgehead atoms. The molecule has 3 unspecified atom stereocenters. The average molecular weight is 375 g/mol. The maximum atomic E-state index is 12.6. The van der Waals surface area contributed by atoms with Crippen molar-refractivity contribution in [3.05, 3.63) is 33.9 Å². The van der Waals surface area contributed by atoms with Crippen molar-refractivity contribution in [1.29, 1.82) is 0 Å². The number of fused-ring (bicyclic) bond motifs is 1. The first-order valence-corrected chi connectivity index (χ1v) is 9.67. The van der Waals surface area contributed by atoms with E-state index < -0.39 is 4.92 Å². The van der Waals surface area contributed by atoms with Gasteiger partial charge in [-0.2, -0.15) is 0 Å². The van der Waals surface area contributed by atoms with Gasteiger partial charge in [0.1, 0.15) is 5.69 Å². The molecule has 2 saturated heterocycles. The van der Waals surface area contributed by atoms with E-state index in [4.69, 9.17) is 9.47 Å². The Kier molecular flexibility index (Phi) is 5.27. The lowest BCUT2D eigenvalue weighted by Gasteiger charge is -2.33. The van der Waals surface area contributed by atoms with Crippen molar-refractivity contribution >= 4 is 17.3 Å². The zero-order valence-electron chi connectivity index (χ0n) is 15.3. The number of nitro benzene ring substituents is 1. The third kappa shape index (κ3) is 3.77. The predicted octanol–water partition coefficient (Wildman–Crippen LogP) is 2.44. The predicted molar refractivity (Wildman–Crippen MR) is 98.9 cm³/mol. The quantitative estimate of drug-likeness (QED) is 0.642. The fourth-order valence-corrected chi connectivity index (χ4v) is 4.44. The van der Waals surface area contributed by atoms with Gasteiger partial charge in [0.05, 0.1) is 24.2 Å². The van der Waals surface area contributed by atoms with Crippen LogP contribution in [-0.2, 0) is 9.47 Å². The smallest absolute Gasteiger partial charge is 0.293 e. The van der Waals surface area contributed by atoms with E-state index in [1.165, 1.54) is 6.07 Å². The number of benzene rings is 1. The van der Waals surface area contributed by atoms with Crippen LogP contribution in [0.5, 0.6) is 0 Å². The standard InChI is InChI=1S/C19H25N3O5/c23-19(21-7-10-26-11-8-21)13-4-5-16(17(12-13)22(24)25)20-15-2-1-3-18-14(15)6-9-27-18/h4-5,12,14-15,18,20H,1-3,6-11H2. The summed E-state index contributed by atoms with van der Waals surface area (Å²) in [6.07, 6.45) is 4.36. The highest BCUT2D eigenvalue weighted by Gasteiger charge is 2.38. The topological polar surface area (TPSA) is 93.9 Å². The van der Waals surface area contributed by atoms with Crippen molar-refractivity contribution in [2.45, 2.75) is 37.8 Å². The van der Waals surface area contributed by atoms with E-state index in [2.05, 4.69) is 5.32 Å². The molecule has 3 aliphatic rings. The van der Waals surface area contributed by atoms with Gasteiger partial charge in [0.2, 0.25) is 0 Å². The van der Waals surface area contributed by atoms with Crippen LogP contribution >= 0.6 is 0 Å². The number of hydrogen-bond acceptors (Lipinski definition) is 6. The van der Waals surface area contributed by atoms with Crippen molar-refractivity contribution in [3.8, 4) is 0 Å². The van der Waals surface area contributed by atoms with Gasteiger partial charge in [-0.3, -0.25) is 14.9 Å². The minimum absolute atomic E-state index is 0.0462. The van der Waals surface area contributed by atoms with E-state index in [1.807, 2.05) is 0 Å². The highest BCUT2D eigenvalue weighted by atomic mass is 16.6. The number of rotatable bonds is 4. The van der Waals surface area contributed by atoms with E-state index in [9.17, 15) is 14.9 Å². The number of carbonyl (C=O) groups is 1.